The summed E-state index contributed by atoms with van der Waals surface area (Å²) < 4.78 is 0. The number of amides is 1. The van der Waals surface area contributed by atoms with Crippen LogP contribution in [0.25, 0.3) is 6.08 Å². The van der Waals surface area contributed by atoms with Gasteiger partial charge in [0.15, 0.2) is 0 Å². The highest BCUT2D eigenvalue weighted by atomic mass is 16.3. The third-order valence-electron chi connectivity index (χ3n) is 2.42. The molecular formula is C14H16N2O3. The molecule has 1 aromatic carbocycles. The van der Waals surface area contributed by atoms with Gasteiger partial charge in [0.2, 0.25) is 0 Å². The van der Waals surface area contributed by atoms with Crippen molar-refractivity contribution in [3.05, 3.63) is 35.4 Å². The fraction of sp³-hybridized carbons (Fsp3) is 0.286. The van der Waals surface area contributed by atoms with E-state index in [1.165, 1.54) is 18.2 Å². The smallest absolute Gasteiger partial charge is 0.262 e. The molecule has 0 aliphatic heterocycles. The molecule has 0 spiro atoms. The maximum Gasteiger partial charge on any atom is 0.262 e. The largest absolute Gasteiger partial charge is 0.508 e. The van der Waals surface area contributed by atoms with E-state index in [1.807, 2.05) is 6.07 Å². The van der Waals surface area contributed by atoms with Crippen molar-refractivity contribution in [1.82, 2.24) is 5.32 Å². The van der Waals surface area contributed by atoms with Gasteiger partial charge in [-0.05, 0) is 37.6 Å². The first-order valence-corrected chi connectivity index (χ1v) is 5.72. The quantitative estimate of drug-likeness (QED) is 0.560. The summed E-state index contributed by atoms with van der Waals surface area (Å²) in [5, 5.41) is 29.8. The van der Waals surface area contributed by atoms with Crippen LogP contribution >= 0.6 is 0 Å². The average molecular weight is 260 g/mol. The van der Waals surface area contributed by atoms with Crippen molar-refractivity contribution in [3.8, 4) is 11.8 Å². The number of aliphatic hydroxyl groups is 1. The molecule has 0 saturated carbocycles. The number of rotatable bonds is 4. The van der Waals surface area contributed by atoms with Crippen LogP contribution in [0.1, 0.15) is 19.4 Å². The maximum atomic E-state index is 11.9. The zero-order valence-corrected chi connectivity index (χ0v) is 10.8. The number of aliphatic hydroxyl groups excluding tert-OH is 1. The van der Waals surface area contributed by atoms with E-state index in [1.54, 1.807) is 26.0 Å². The number of carbonyl (C=O) groups excluding carboxylic acids is 1. The number of phenols is 1. The Balaban J connectivity index is 2.92. The van der Waals surface area contributed by atoms with Gasteiger partial charge in [0.25, 0.3) is 5.91 Å². The van der Waals surface area contributed by atoms with Crippen LogP contribution in [0, 0.1) is 11.3 Å². The number of nitrogens with one attached hydrogen (secondary N) is 1. The SMILES string of the molecule is CC(C)(CO)NC(=O)/C(C#N)=C/c1ccc(O)cc1. The molecule has 1 amide bonds. The predicted molar refractivity (Wildman–Crippen MR) is 71.0 cm³/mol. The molecule has 0 radical (unpaired) electrons. The number of hydrogen-bond donors (Lipinski definition) is 3. The molecule has 0 bridgehead atoms. The number of hydrogen-bond acceptors (Lipinski definition) is 4. The van der Waals surface area contributed by atoms with Crippen LogP contribution in [-0.2, 0) is 4.79 Å². The maximum absolute atomic E-state index is 11.9. The first kappa shape index (κ1) is 14.7. The Bertz CT molecular complexity index is 525. The van der Waals surface area contributed by atoms with Gasteiger partial charge in [-0.15, -0.1) is 0 Å². The van der Waals surface area contributed by atoms with Crippen LogP contribution in [0.3, 0.4) is 0 Å². The Kier molecular flexibility index (Phi) is 4.67. The number of aromatic hydroxyl groups is 1. The molecule has 0 aliphatic carbocycles. The van der Waals surface area contributed by atoms with Gasteiger partial charge in [-0.1, -0.05) is 12.1 Å². The fourth-order valence-corrected chi connectivity index (χ4v) is 1.30. The first-order chi connectivity index (χ1) is 8.88. The summed E-state index contributed by atoms with van der Waals surface area (Å²) in [5.41, 5.74) is -0.222. The van der Waals surface area contributed by atoms with Gasteiger partial charge >= 0.3 is 0 Å². The third kappa shape index (κ3) is 4.45. The summed E-state index contributed by atoms with van der Waals surface area (Å²) in [7, 11) is 0. The molecule has 1 rings (SSSR count). The number of benzene rings is 1. The molecule has 5 nitrogen and oxygen atoms in total. The lowest BCUT2D eigenvalue weighted by Gasteiger charge is -2.23. The van der Waals surface area contributed by atoms with Crippen molar-refractivity contribution < 1.29 is 15.0 Å². The standard InChI is InChI=1S/C14H16N2O3/c1-14(2,9-17)16-13(19)11(8-15)7-10-3-5-12(18)6-4-10/h3-7,17-18H,9H2,1-2H3,(H,16,19)/b11-7+. The molecule has 0 fully saturated rings. The Morgan fingerprint density at radius 1 is 1.42 bits per heavy atom. The van der Waals surface area contributed by atoms with E-state index in [4.69, 9.17) is 15.5 Å². The second-order valence-electron chi connectivity index (χ2n) is 4.76. The minimum absolute atomic E-state index is 0.0628. The number of carbonyl (C=O) groups is 1. The molecule has 0 aromatic heterocycles. The van der Waals surface area contributed by atoms with E-state index in [0.717, 1.165) is 0 Å². The Hall–Kier alpha value is -2.32. The summed E-state index contributed by atoms with van der Waals surface area (Å²) in [6, 6.07) is 7.94. The minimum atomic E-state index is -0.790. The number of phenolic OH excluding ortho intramolecular Hbond substituents is 1. The molecule has 0 atom stereocenters. The summed E-state index contributed by atoms with van der Waals surface area (Å²) in [6.07, 6.45) is 1.42. The van der Waals surface area contributed by atoms with Gasteiger partial charge in [0, 0.05) is 0 Å². The second-order valence-corrected chi connectivity index (χ2v) is 4.76. The summed E-state index contributed by atoms with van der Waals surface area (Å²) in [6.45, 7) is 3.08. The van der Waals surface area contributed by atoms with E-state index in [0.29, 0.717) is 5.56 Å². The Morgan fingerprint density at radius 2 is 2.00 bits per heavy atom. The lowest BCUT2D eigenvalue weighted by molar-refractivity contribution is -0.119. The van der Waals surface area contributed by atoms with E-state index >= 15 is 0 Å². The summed E-state index contributed by atoms with van der Waals surface area (Å²) >= 11 is 0. The highest BCUT2D eigenvalue weighted by molar-refractivity contribution is 6.02. The van der Waals surface area contributed by atoms with E-state index in [9.17, 15) is 4.79 Å². The Morgan fingerprint density at radius 3 is 2.47 bits per heavy atom. The van der Waals surface area contributed by atoms with Crippen molar-refractivity contribution >= 4 is 12.0 Å². The molecule has 0 aliphatic rings. The molecule has 3 N–H and O–H groups in total. The molecule has 19 heavy (non-hydrogen) atoms. The van der Waals surface area contributed by atoms with Crippen molar-refractivity contribution in [1.29, 1.82) is 5.26 Å². The monoisotopic (exact) mass is 260 g/mol. The van der Waals surface area contributed by atoms with Crippen molar-refractivity contribution in [2.45, 2.75) is 19.4 Å². The molecule has 5 heteroatoms. The van der Waals surface area contributed by atoms with Crippen molar-refractivity contribution in [2.24, 2.45) is 0 Å². The molecule has 0 heterocycles. The van der Waals surface area contributed by atoms with Crippen LogP contribution in [0.15, 0.2) is 29.8 Å². The lowest BCUT2D eigenvalue weighted by atomic mass is 10.1. The molecule has 0 saturated heterocycles. The molecule has 1 aromatic rings. The van der Waals surface area contributed by atoms with Crippen LogP contribution in [-0.4, -0.2) is 28.3 Å². The number of nitrogens with zero attached hydrogens (tertiary/aromatic N) is 1. The molecule has 0 unspecified atom stereocenters. The van der Waals surface area contributed by atoms with Gasteiger partial charge in [0.1, 0.15) is 17.4 Å². The summed E-state index contributed by atoms with van der Waals surface area (Å²) in [4.78, 5) is 11.9. The number of nitriles is 1. The molecule has 100 valence electrons. The van der Waals surface area contributed by atoms with Crippen molar-refractivity contribution in [3.63, 3.8) is 0 Å². The summed E-state index contributed by atoms with van der Waals surface area (Å²) in [5.74, 6) is -0.434. The van der Waals surface area contributed by atoms with Gasteiger partial charge in [-0.25, -0.2) is 0 Å². The van der Waals surface area contributed by atoms with Crippen molar-refractivity contribution in [2.75, 3.05) is 6.61 Å². The van der Waals surface area contributed by atoms with Crippen LogP contribution < -0.4 is 5.32 Å². The van der Waals surface area contributed by atoms with Gasteiger partial charge in [-0.2, -0.15) is 5.26 Å². The third-order valence-corrected chi connectivity index (χ3v) is 2.42. The van der Waals surface area contributed by atoms with E-state index in [-0.39, 0.29) is 17.9 Å². The zero-order valence-electron chi connectivity index (χ0n) is 10.8. The van der Waals surface area contributed by atoms with Crippen LogP contribution in [0.4, 0.5) is 0 Å². The predicted octanol–water partition coefficient (Wildman–Crippen LogP) is 1.19. The van der Waals surface area contributed by atoms with Gasteiger partial charge in [0.05, 0.1) is 12.1 Å². The zero-order chi connectivity index (χ0) is 14.5. The normalized spacial score (nSPS) is 11.8. The lowest BCUT2D eigenvalue weighted by Crippen LogP contribution is -2.46. The van der Waals surface area contributed by atoms with E-state index in [2.05, 4.69) is 5.32 Å². The van der Waals surface area contributed by atoms with Crippen LogP contribution in [0.5, 0.6) is 5.75 Å². The Labute approximate surface area is 111 Å². The first-order valence-electron chi connectivity index (χ1n) is 5.72. The second kappa shape index (κ2) is 6.03. The highest BCUT2D eigenvalue weighted by Gasteiger charge is 2.21. The fourth-order valence-electron chi connectivity index (χ4n) is 1.30. The average Bonchev–Trinajstić information content (AvgIpc) is 2.37. The van der Waals surface area contributed by atoms with Gasteiger partial charge in [-0.3, -0.25) is 4.79 Å². The van der Waals surface area contributed by atoms with E-state index < -0.39 is 11.4 Å². The van der Waals surface area contributed by atoms with Gasteiger partial charge < -0.3 is 15.5 Å². The molecular weight excluding hydrogens is 244 g/mol. The minimum Gasteiger partial charge on any atom is -0.508 e. The topological polar surface area (TPSA) is 93.4 Å². The van der Waals surface area contributed by atoms with Crippen LogP contribution in [0.2, 0.25) is 0 Å². The highest BCUT2D eigenvalue weighted by Crippen LogP contribution is 2.13.